The number of phosphoric ester groups is 1. The van der Waals surface area contributed by atoms with Crippen LogP contribution in [0.15, 0.2) is 24.3 Å². The lowest BCUT2D eigenvalue weighted by Crippen LogP contribution is -2.19. The molecule has 1 fully saturated rings. The fourth-order valence-electron chi connectivity index (χ4n) is 1.54. The van der Waals surface area contributed by atoms with Crippen molar-refractivity contribution in [3.8, 4) is 0 Å². The highest BCUT2D eigenvalue weighted by molar-refractivity contribution is 7.48. The van der Waals surface area contributed by atoms with E-state index >= 15 is 0 Å². The Kier molecular flexibility index (Phi) is 4.54. The number of hydrogen-bond acceptors (Lipinski definition) is 4. The molecule has 8 heteroatoms. The largest absolute Gasteiger partial charge is 0.475 e. The summed E-state index contributed by atoms with van der Waals surface area (Å²) >= 11 is 0. The zero-order valence-corrected chi connectivity index (χ0v) is 11.6. The molecule has 2 rings (SSSR count). The fraction of sp³-hybridized carbons (Fsp3) is 0.500. The molecule has 4 nitrogen and oxygen atoms in total. The van der Waals surface area contributed by atoms with Gasteiger partial charge in [-0.2, -0.15) is 13.2 Å². The first kappa shape index (κ1) is 15.5. The Labute approximate surface area is 114 Å². The summed E-state index contributed by atoms with van der Waals surface area (Å²) in [4.78, 5) is 0. The zero-order valence-electron chi connectivity index (χ0n) is 10.7. The van der Waals surface area contributed by atoms with Gasteiger partial charge in [0, 0.05) is 5.92 Å². The van der Waals surface area contributed by atoms with Crippen molar-refractivity contribution in [1.29, 1.82) is 0 Å². The van der Waals surface area contributed by atoms with E-state index in [0.29, 0.717) is 5.56 Å². The third kappa shape index (κ3) is 4.06. The Morgan fingerprint density at radius 1 is 1.25 bits per heavy atom. The Bertz CT molecular complexity index is 488. The normalized spacial score (nSPS) is 27.5. The van der Waals surface area contributed by atoms with Crippen LogP contribution in [0.3, 0.4) is 0 Å². The van der Waals surface area contributed by atoms with Crippen LogP contribution in [0.5, 0.6) is 0 Å². The first-order valence-corrected chi connectivity index (χ1v) is 7.44. The quantitative estimate of drug-likeness (QED) is 0.791. The van der Waals surface area contributed by atoms with Gasteiger partial charge in [0.15, 0.2) is 0 Å². The summed E-state index contributed by atoms with van der Waals surface area (Å²) < 4.78 is 64.1. The molecule has 112 valence electrons. The second-order valence-electron chi connectivity index (χ2n) is 4.61. The summed E-state index contributed by atoms with van der Waals surface area (Å²) in [5.74, 6) is 0.131. The summed E-state index contributed by atoms with van der Waals surface area (Å²) in [6, 6.07) is 4.42. The van der Waals surface area contributed by atoms with Crippen LogP contribution < -0.4 is 0 Å². The fourth-order valence-corrected chi connectivity index (χ4v) is 2.95. The molecule has 20 heavy (non-hydrogen) atoms. The number of halogens is 3. The molecule has 1 aromatic carbocycles. The van der Waals surface area contributed by atoms with Gasteiger partial charge in [0.25, 0.3) is 0 Å². The van der Waals surface area contributed by atoms with Crippen molar-refractivity contribution in [2.24, 2.45) is 5.92 Å². The van der Waals surface area contributed by atoms with Crippen LogP contribution in [0.4, 0.5) is 13.2 Å². The number of benzene rings is 1. The number of hydrogen-bond donors (Lipinski definition) is 0. The van der Waals surface area contributed by atoms with Crippen molar-refractivity contribution >= 4 is 7.82 Å². The van der Waals surface area contributed by atoms with Crippen molar-refractivity contribution in [3.63, 3.8) is 0 Å². The van der Waals surface area contributed by atoms with Gasteiger partial charge < -0.3 is 0 Å². The molecule has 1 aliphatic rings. The lowest BCUT2D eigenvalue weighted by atomic mass is 10.1. The summed E-state index contributed by atoms with van der Waals surface area (Å²) in [5, 5.41) is 0. The van der Waals surface area contributed by atoms with Crippen LogP contribution >= 0.6 is 7.82 Å². The van der Waals surface area contributed by atoms with E-state index in [1.54, 1.807) is 0 Å². The Morgan fingerprint density at radius 2 is 1.80 bits per heavy atom. The van der Waals surface area contributed by atoms with Gasteiger partial charge in [0.1, 0.15) is 0 Å². The molecule has 0 aliphatic carbocycles. The van der Waals surface area contributed by atoms with Gasteiger partial charge in [-0.25, -0.2) is 4.57 Å². The molecule has 1 heterocycles. The molecule has 0 bridgehead atoms. The Hall–Kier alpha value is -0.880. The van der Waals surface area contributed by atoms with Crippen molar-refractivity contribution in [2.45, 2.75) is 19.7 Å². The van der Waals surface area contributed by atoms with Gasteiger partial charge in [0.2, 0.25) is 0 Å². The molecule has 0 amide bonds. The smallest absolute Gasteiger partial charge is 0.286 e. The second kappa shape index (κ2) is 5.85. The van der Waals surface area contributed by atoms with E-state index in [2.05, 4.69) is 0 Å². The number of alkyl halides is 3. The van der Waals surface area contributed by atoms with E-state index in [9.17, 15) is 17.7 Å². The Morgan fingerprint density at radius 3 is 2.30 bits per heavy atom. The molecule has 0 radical (unpaired) electrons. The minimum atomic E-state index is -4.38. The first-order chi connectivity index (χ1) is 9.28. The first-order valence-electron chi connectivity index (χ1n) is 5.98. The van der Waals surface area contributed by atoms with Crippen molar-refractivity contribution < 1.29 is 31.3 Å². The average molecular weight is 310 g/mol. The maximum Gasteiger partial charge on any atom is 0.475 e. The van der Waals surface area contributed by atoms with Crippen LogP contribution in [0.2, 0.25) is 0 Å². The van der Waals surface area contributed by atoms with Crippen LogP contribution in [0.1, 0.15) is 18.1 Å². The molecule has 0 atom stereocenters. The van der Waals surface area contributed by atoms with Crippen LogP contribution in [0, 0.1) is 5.92 Å². The lowest BCUT2D eigenvalue weighted by Gasteiger charge is -2.25. The number of rotatable bonds is 3. The highest BCUT2D eigenvalue weighted by atomic mass is 31.2. The van der Waals surface area contributed by atoms with E-state index < -0.39 is 19.6 Å². The SMILES string of the molecule is CC1COP(=O)(OCc2ccc(C(F)(F)F)cc2)OC1. The van der Waals surface area contributed by atoms with E-state index in [1.807, 2.05) is 6.92 Å². The highest BCUT2D eigenvalue weighted by Gasteiger charge is 2.33. The Balaban J connectivity index is 1.93. The standard InChI is InChI=1S/C12H14F3O4P/c1-9-6-17-20(16,18-7-9)19-8-10-2-4-11(5-3-10)12(13,14)15/h2-5,9H,6-8H2,1H3. The van der Waals surface area contributed by atoms with Crippen molar-refractivity contribution in [2.75, 3.05) is 13.2 Å². The molecular formula is C12H14F3O4P. The maximum absolute atomic E-state index is 12.4. The highest BCUT2D eigenvalue weighted by Crippen LogP contribution is 2.53. The predicted octanol–water partition coefficient (Wildman–Crippen LogP) is 4.01. The summed E-state index contributed by atoms with van der Waals surface area (Å²) in [5.41, 5.74) is -0.286. The summed E-state index contributed by atoms with van der Waals surface area (Å²) in [6.45, 7) is 2.28. The van der Waals surface area contributed by atoms with Crippen molar-refractivity contribution in [1.82, 2.24) is 0 Å². The zero-order chi connectivity index (χ0) is 14.8. The van der Waals surface area contributed by atoms with Gasteiger partial charge in [-0.15, -0.1) is 0 Å². The lowest BCUT2D eigenvalue weighted by molar-refractivity contribution is -0.137. The monoisotopic (exact) mass is 310 g/mol. The van der Waals surface area contributed by atoms with Crippen LogP contribution in [-0.2, 0) is 30.9 Å². The minimum Gasteiger partial charge on any atom is -0.286 e. The molecule has 0 saturated carbocycles. The van der Waals surface area contributed by atoms with Crippen molar-refractivity contribution in [3.05, 3.63) is 35.4 Å². The summed E-state index contributed by atoms with van der Waals surface area (Å²) in [7, 11) is -3.58. The van der Waals surface area contributed by atoms with E-state index in [4.69, 9.17) is 13.6 Å². The van der Waals surface area contributed by atoms with E-state index in [-0.39, 0.29) is 25.7 Å². The topological polar surface area (TPSA) is 44.8 Å². The van der Waals surface area contributed by atoms with Crippen LogP contribution in [-0.4, -0.2) is 13.2 Å². The van der Waals surface area contributed by atoms with Gasteiger partial charge in [0.05, 0.1) is 25.4 Å². The third-order valence-electron chi connectivity index (χ3n) is 2.70. The number of phosphoric acid groups is 1. The molecular weight excluding hydrogens is 296 g/mol. The molecule has 1 aliphatic heterocycles. The molecule has 1 saturated heterocycles. The molecule has 0 unspecified atom stereocenters. The molecule has 0 aromatic heterocycles. The van der Waals surface area contributed by atoms with Crippen LogP contribution in [0.25, 0.3) is 0 Å². The van der Waals surface area contributed by atoms with Gasteiger partial charge >= 0.3 is 14.0 Å². The van der Waals surface area contributed by atoms with Gasteiger partial charge in [-0.1, -0.05) is 19.1 Å². The van der Waals surface area contributed by atoms with Gasteiger partial charge in [-0.3, -0.25) is 13.6 Å². The molecule has 0 N–H and O–H groups in total. The van der Waals surface area contributed by atoms with E-state index in [0.717, 1.165) is 12.1 Å². The maximum atomic E-state index is 12.4. The molecule has 1 aromatic rings. The third-order valence-corrected chi connectivity index (χ3v) is 4.08. The summed E-state index contributed by atoms with van der Waals surface area (Å²) in [6.07, 6.45) is -4.38. The van der Waals surface area contributed by atoms with Gasteiger partial charge in [-0.05, 0) is 17.7 Å². The predicted molar refractivity (Wildman–Crippen MR) is 64.9 cm³/mol. The second-order valence-corrected chi connectivity index (χ2v) is 6.28. The minimum absolute atomic E-state index is 0.131. The molecule has 0 spiro atoms. The van der Waals surface area contributed by atoms with E-state index in [1.165, 1.54) is 12.1 Å². The average Bonchev–Trinajstić information content (AvgIpc) is 2.40.